The number of carbonyl (C=O) groups excluding carboxylic acids is 1. The number of carbonyl (C=O) groups is 1. The van der Waals surface area contributed by atoms with Crippen LogP contribution in [0, 0.1) is 0 Å². The molecule has 2 atom stereocenters. The largest absolute Gasteiger partial charge is 0.459 e. The minimum Gasteiger partial charge on any atom is -0.459 e. The van der Waals surface area contributed by atoms with Crippen molar-refractivity contribution in [1.82, 2.24) is 4.90 Å². The molecule has 0 unspecified atom stereocenters. The molecule has 1 aromatic carbocycles. The maximum Gasteiger partial charge on any atom is 0.288 e. The number of rotatable bonds is 8. The number of allylic oxidation sites excluding steroid dienone is 1. The zero-order valence-corrected chi connectivity index (χ0v) is 19.1. The molecule has 1 saturated carbocycles. The summed E-state index contributed by atoms with van der Waals surface area (Å²) >= 11 is 1.74. The number of benzene rings is 1. The molecule has 1 fully saturated rings. The fourth-order valence-electron chi connectivity index (χ4n) is 4.65. The minimum absolute atomic E-state index is 0.0416. The van der Waals surface area contributed by atoms with Crippen LogP contribution in [0.4, 0.5) is 0 Å². The van der Waals surface area contributed by atoms with Gasteiger partial charge in [0, 0.05) is 36.7 Å². The zero-order chi connectivity index (χ0) is 21.6. The molecule has 2 heterocycles. The molecule has 6 heteroatoms. The summed E-state index contributed by atoms with van der Waals surface area (Å²) in [6.07, 6.45) is 9.47. The van der Waals surface area contributed by atoms with Gasteiger partial charge in [0.2, 0.25) is 6.29 Å². The molecule has 1 aliphatic carbocycles. The first-order chi connectivity index (χ1) is 15.2. The first-order valence-corrected chi connectivity index (χ1v) is 12.4. The van der Waals surface area contributed by atoms with E-state index in [-0.39, 0.29) is 24.5 Å². The summed E-state index contributed by atoms with van der Waals surface area (Å²) in [7, 11) is 1.91. The Labute approximate surface area is 188 Å². The normalized spacial score (nSPS) is 22.2. The quantitative estimate of drug-likeness (QED) is 0.570. The Hall–Kier alpha value is -1.89. The van der Waals surface area contributed by atoms with Crippen LogP contribution in [-0.2, 0) is 14.3 Å². The van der Waals surface area contributed by atoms with Gasteiger partial charge >= 0.3 is 0 Å². The van der Waals surface area contributed by atoms with Gasteiger partial charge in [0.05, 0.1) is 6.61 Å². The summed E-state index contributed by atoms with van der Waals surface area (Å²) in [5, 5.41) is 12.5. The second kappa shape index (κ2) is 10.6. The molecule has 0 radical (unpaired) electrons. The van der Waals surface area contributed by atoms with Crippen molar-refractivity contribution >= 4 is 27.3 Å². The zero-order valence-electron chi connectivity index (χ0n) is 18.3. The highest BCUT2D eigenvalue weighted by atomic mass is 32.1. The van der Waals surface area contributed by atoms with Crippen LogP contribution in [0.1, 0.15) is 62.8 Å². The topological polar surface area (TPSA) is 59.0 Å². The van der Waals surface area contributed by atoms with Gasteiger partial charge in [0.1, 0.15) is 0 Å². The van der Waals surface area contributed by atoms with E-state index >= 15 is 0 Å². The number of nitrogens with zero attached hydrogens (tertiary/aromatic N) is 1. The molecule has 2 aromatic rings. The van der Waals surface area contributed by atoms with Crippen LogP contribution in [0.5, 0.6) is 0 Å². The predicted octanol–water partition coefficient (Wildman–Crippen LogP) is 5.20. The number of aliphatic hydroxyl groups excluding tert-OH is 1. The van der Waals surface area contributed by atoms with E-state index in [9.17, 15) is 4.79 Å². The average molecular weight is 444 g/mol. The number of hydrogen-bond donors (Lipinski definition) is 1. The Morgan fingerprint density at radius 3 is 2.84 bits per heavy atom. The number of unbranched alkanes of at least 4 members (excludes halogenated alkanes) is 1. The third-order valence-corrected chi connectivity index (χ3v) is 7.46. The maximum absolute atomic E-state index is 13.3. The second-order valence-electron chi connectivity index (χ2n) is 8.62. The van der Waals surface area contributed by atoms with Gasteiger partial charge in [0.25, 0.3) is 5.91 Å². The van der Waals surface area contributed by atoms with Gasteiger partial charge in [-0.2, -0.15) is 0 Å². The second-order valence-corrected chi connectivity index (χ2v) is 9.53. The fraction of sp³-hybridized carbons (Fsp3) is 0.560. The van der Waals surface area contributed by atoms with E-state index < -0.39 is 6.29 Å². The SMILES string of the molecule is CN(C(=O)C1=C[C@@H](c2csc3ccccc23)C[C@@H](OCCCCO)O1)C1CCCCC1. The lowest BCUT2D eigenvalue weighted by Gasteiger charge is -2.34. The average Bonchev–Trinajstić information content (AvgIpc) is 3.25. The monoisotopic (exact) mass is 443 g/mol. The van der Waals surface area contributed by atoms with Gasteiger partial charge in [0.15, 0.2) is 5.76 Å². The van der Waals surface area contributed by atoms with Crippen LogP contribution in [-0.4, -0.2) is 48.5 Å². The molecule has 2 aliphatic rings. The van der Waals surface area contributed by atoms with E-state index in [4.69, 9.17) is 14.6 Å². The molecular formula is C25H33NO4S. The van der Waals surface area contributed by atoms with Crippen LogP contribution in [0.25, 0.3) is 10.1 Å². The molecular weight excluding hydrogens is 410 g/mol. The van der Waals surface area contributed by atoms with Crippen molar-refractivity contribution in [2.75, 3.05) is 20.3 Å². The molecule has 0 bridgehead atoms. The maximum atomic E-state index is 13.3. The highest BCUT2D eigenvalue weighted by molar-refractivity contribution is 7.17. The van der Waals surface area contributed by atoms with Crippen LogP contribution in [0.2, 0.25) is 0 Å². The molecule has 4 rings (SSSR count). The van der Waals surface area contributed by atoms with Crippen molar-refractivity contribution in [3.63, 3.8) is 0 Å². The van der Waals surface area contributed by atoms with Crippen LogP contribution in [0.15, 0.2) is 41.5 Å². The summed E-state index contributed by atoms with van der Waals surface area (Å²) < 4.78 is 13.3. The number of aliphatic hydroxyl groups is 1. The van der Waals surface area contributed by atoms with Crippen LogP contribution >= 0.6 is 11.3 Å². The lowest BCUT2D eigenvalue weighted by molar-refractivity contribution is -0.153. The van der Waals surface area contributed by atoms with E-state index in [0.29, 0.717) is 25.2 Å². The molecule has 0 saturated heterocycles. The summed E-state index contributed by atoms with van der Waals surface area (Å²) in [5.41, 5.74) is 1.23. The molecule has 0 spiro atoms. The lowest BCUT2D eigenvalue weighted by atomic mass is 9.91. The van der Waals surface area contributed by atoms with Crippen molar-refractivity contribution in [3.8, 4) is 0 Å². The van der Waals surface area contributed by atoms with Crippen LogP contribution in [0.3, 0.4) is 0 Å². The van der Waals surface area contributed by atoms with Crippen molar-refractivity contribution in [2.45, 2.75) is 69.6 Å². The van der Waals surface area contributed by atoms with Gasteiger partial charge in [-0.15, -0.1) is 11.3 Å². The van der Waals surface area contributed by atoms with Crippen LogP contribution < -0.4 is 0 Å². The number of thiophene rings is 1. The Balaban J connectivity index is 1.56. The highest BCUT2D eigenvalue weighted by Gasteiger charge is 2.33. The smallest absolute Gasteiger partial charge is 0.288 e. The van der Waals surface area contributed by atoms with E-state index in [1.807, 2.05) is 18.0 Å². The van der Waals surface area contributed by atoms with Gasteiger partial charge in [-0.3, -0.25) is 4.79 Å². The standard InChI is InChI=1S/C25H33NO4S/c1-26(19-9-3-2-4-10-19)25(28)22-15-18(16-24(30-22)29-14-8-7-13-27)21-17-31-23-12-6-5-11-20(21)23/h5-6,11-12,15,17-19,24,27H,2-4,7-10,13-14,16H2,1H3/t18-,24+/m1/s1. The molecule has 1 aromatic heterocycles. The molecule has 1 aliphatic heterocycles. The number of hydrogen-bond acceptors (Lipinski definition) is 5. The van der Waals surface area contributed by atoms with Crippen molar-refractivity contribution in [1.29, 1.82) is 0 Å². The summed E-state index contributed by atoms with van der Waals surface area (Å²) in [5.74, 6) is 0.443. The Kier molecular flexibility index (Phi) is 7.64. The molecule has 1 amide bonds. The van der Waals surface area contributed by atoms with E-state index in [1.54, 1.807) is 11.3 Å². The fourth-order valence-corrected chi connectivity index (χ4v) is 5.68. The summed E-state index contributed by atoms with van der Waals surface area (Å²) in [6.45, 7) is 0.677. The van der Waals surface area contributed by atoms with E-state index in [1.165, 1.54) is 34.9 Å². The molecule has 31 heavy (non-hydrogen) atoms. The van der Waals surface area contributed by atoms with E-state index in [2.05, 4.69) is 29.6 Å². The third kappa shape index (κ3) is 5.30. The van der Waals surface area contributed by atoms with Crippen molar-refractivity contribution in [2.24, 2.45) is 0 Å². The third-order valence-electron chi connectivity index (χ3n) is 6.48. The highest BCUT2D eigenvalue weighted by Crippen LogP contribution is 2.38. The first-order valence-electron chi connectivity index (χ1n) is 11.5. The Morgan fingerprint density at radius 2 is 2.03 bits per heavy atom. The first kappa shape index (κ1) is 22.3. The van der Waals surface area contributed by atoms with Gasteiger partial charge in [-0.05, 0) is 54.2 Å². The Morgan fingerprint density at radius 1 is 1.23 bits per heavy atom. The number of amides is 1. The Bertz CT molecular complexity index is 902. The van der Waals surface area contributed by atoms with E-state index in [0.717, 1.165) is 19.3 Å². The number of likely N-dealkylation sites (N-methyl/N-ethyl adjacent to an activating group) is 1. The lowest BCUT2D eigenvalue weighted by Crippen LogP contribution is -2.41. The number of ether oxygens (including phenoxy) is 2. The van der Waals surface area contributed by atoms with Gasteiger partial charge in [-0.25, -0.2) is 0 Å². The molecule has 5 nitrogen and oxygen atoms in total. The number of fused-ring (bicyclic) bond motifs is 1. The predicted molar refractivity (Wildman–Crippen MR) is 124 cm³/mol. The van der Waals surface area contributed by atoms with Gasteiger partial charge < -0.3 is 19.5 Å². The van der Waals surface area contributed by atoms with Gasteiger partial charge in [-0.1, -0.05) is 37.5 Å². The molecule has 168 valence electrons. The minimum atomic E-state index is -0.453. The summed E-state index contributed by atoms with van der Waals surface area (Å²) in [4.78, 5) is 15.2. The van der Waals surface area contributed by atoms with Crippen molar-refractivity contribution in [3.05, 3.63) is 47.0 Å². The molecule has 1 N–H and O–H groups in total. The van der Waals surface area contributed by atoms with Crippen molar-refractivity contribution < 1.29 is 19.4 Å². The summed E-state index contributed by atoms with van der Waals surface area (Å²) in [6, 6.07) is 8.70.